The summed E-state index contributed by atoms with van der Waals surface area (Å²) in [5.41, 5.74) is 0.597. The van der Waals surface area contributed by atoms with E-state index < -0.39 is 23.9 Å². The van der Waals surface area contributed by atoms with Crippen LogP contribution in [-0.2, 0) is 10.9 Å². The lowest BCUT2D eigenvalue weighted by Crippen LogP contribution is -2.17. The number of nitrogens with one attached hydrogen (secondary N) is 1. The predicted molar refractivity (Wildman–Crippen MR) is 111 cm³/mol. The SMILES string of the molecule is COc1cc(Br)ccc1-c1onc(C)c1NC(=O)OC(C)c1cccc(C(F)(F)F)c1. The Bertz CT molecular complexity index is 1100. The van der Waals surface area contributed by atoms with Crippen LogP contribution < -0.4 is 10.1 Å². The van der Waals surface area contributed by atoms with Crippen molar-refractivity contribution in [1.29, 1.82) is 0 Å². The summed E-state index contributed by atoms with van der Waals surface area (Å²) in [7, 11) is 1.49. The van der Waals surface area contributed by atoms with Gasteiger partial charge in [0.1, 0.15) is 23.2 Å². The van der Waals surface area contributed by atoms with Gasteiger partial charge in [-0.1, -0.05) is 33.2 Å². The molecule has 1 heterocycles. The lowest BCUT2D eigenvalue weighted by molar-refractivity contribution is -0.137. The number of amides is 1. The van der Waals surface area contributed by atoms with Gasteiger partial charge in [-0.25, -0.2) is 4.79 Å². The van der Waals surface area contributed by atoms with Gasteiger partial charge in [-0.3, -0.25) is 5.32 Å². The van der Waals surface area contributed by atoms with Crippen molar-refractivity contribution in [2.75, 3.05) is 12.4 Å². The molecule has 1 unspecified atom stereocenters. The number of aryl methyl sites for hydroxylation is 1. The largest absolute Gasteiger partial charge is 0.496 e. The molecule has 0 bridgehead atoms. The second-order valence-corrected chi connectivity index (χ2v) is 7.53. The fourth-order valence-corrected chi connectivity index (χ4v) is 3.22. The number of aromatic nitrogens is 1. The van der Waals surface area contributed by atoms with Gasteiger partial charge < -0.3 is 14.0 Å². The molecule has 10 heteroatoms. The normalized spacial score (nSPS) is 12.4. The molecule has 6 nitrogen and oxygen atoms in total. The number of methoxy groups -OCH3 is 1. The van der Waals surface area contributed by atoms with E-state index in [-0.39, 0.29) is 17.0 Å². The summed E-state index contributed by atoms with van der Waals surface area (Å²) in [5, 5.41) is 6.44. The highest BCUT2D eigenvalue weighted by molar-refractivity contribution is 9.10. The summed E-state index contributed by atoms with van der Waals surface area (Å²) in [6.07, 6.45) is -6.28. The van der Waals surface area contributed by atoms with Crippen molar-refractivity contribution in [3.05, 3.63) is 63.8 Å². The molecule has 3 aromatic rings. The van der Waals surface area contributed by atoms with E-state index in [1.54, 1.807) is 25.1 Å². The fourth-order valence-electron chi connectivity index (χ4n) is 2.88. The van der Waals surface area contributed by atoms with Crippen LogP contribution >= 0.6 is 15.9 Å². The third-order valence-electron chi connectivity index (χ3n) is 4.47. The number of ether oxygens (including phenoxy) is 2. The van der Waals surface area contributed by atoms with E-state index in [4.69, 9.17) is 14.0 Å². The van der Waals surface area contributed by atoms with Gasteiger partial charge in [-0.05, 0) is 49.7 Å². The summed E-state index contributed by atoms with van der Waals surface area (Å²) >= 11 is 3.35. The zero-order valence-electron chi connectivity index (χ0n) is 16.7. The first-order chi connectivity index (χ1) is 14.6. The number of carbonyl (C=O) groups excluding carboxylic acids is 1. The number of hydrogen-bond acceptors (Lipinski definition) is 5. The van der Waals surface area contributed by atoms with Crippen molar-refractivity contribution in [2.45, 2.75) is 26.1 Å². The first-order valence-electron chi connectivity index (χ1n) is 9.05. The standard InChI is InChI=1S/C21H18BrF3N2O4/c1-11-18(19(31-27-11)16-8-7-15(22)10-17(16)29-3)26-20(28)30-12(2)13-5-4-6-14(9-13)21(23,24)25/h4-10,12H,1-3H3,(H,26,28). The first kappa shape index (κ1) is 22.7. The Balaban J connectivity index is 1.80. The Kier molecular flexibility index (Phi) is 6.59. The van der Waals surface area contributed by atoms with E-state index >= 15 is 0 Å². The van der Waals surface area contributed by atoms with Crippen LogP contribution in [0.15, 0.2) is 51.5 Å². The highest BCUT2D eigenvalue weighted by Gasteiger charge is 2.31. The molecule has 0 aliphatic rings. The third-order valence-corrected chi connectivity index (χ3v) is 4.96. The average Bonchev–Trinajstić information content (AvgIpc) is 3.07. The molecule has 1 aromatic heterocycles. The average molecular weight is 499 g/mol. The maximum Gasteiger partial charge on any atom is 0.416 e. The zero-order valence-corrected chi connectivity index (χ0v) is 18.3. The van der Waals surface area contributed by atoms with Crippen molar-refractivity contribution in [3.63, 3.8) is 0 Å². The van der Waals surface area contributed by atoms with E-state index in [9.17, 15) is 18.0 Å². The summed E-state index contributed by atoms with van der Waals surface area (Å²) in [5.74, 6) is 0.741. The molecule has 0 saturated carbocycles. The van der Waals surface area contributed by atoms with E-state index in [0.717, 1.165) is 16.6 Å². The second-order valence-electron chi connectivity index (χ2n) is 6.61. The van der Waals surface area contributed by atoms with Gasteiger partial charge in [-0.2, -0.15) is 13.2 Å². The van der Waals surface area contributed by atoms with Crippen LogP contribution in [0.2, 0.25) is 0 Å². The van der Waals surface area contributed by atoms with Crippen LogP contribution in [0.5, 0.6) is 5.75 Å². The summed E-state index contributed by atoms with van der Waals surface area (Å²) in [4.78, 5) is 12.5. The lowest BCUT2D eigenvalue weighted by atomic mass is 10.1. The number of benzene rings is 2. The van der Waals surface area contributed by atoms with Crippen molar-refractivity contribution in [2.24, 2.45) is 0 Å². The molecule has 2 aromatic carbocycles. The molecule has 31 heavy (non-hydrogen) atoms. The minimum absolute atomic E-state index is 0.210. The topological polar surface area (TPSA) is 73.6 Å². The minimum atomic E-state index is -4.49. The van der Waals surface area contributed by atoms with Crippen molar-refractivity contribution < 1.29 is 32.0 Å². The van der Waals surface area contributed by atoms with E-state index in [0.29, 0.717) is 17.0 Å². The van der Waals surface area contributed by atoms with Gasteiger partial charge in [0, 0.05) is 4.47 Å². The van der Waals surface area contributed by atoms with Gasteiger partial charge in [-0.15, -0.1) is 0 Å². The molecule has 164 valence electrons. The van der Waals surface area contributed by atoms with Crippen LogP contribution in [0.25, 0.3) is 11.3 Å². The van der Waals surface area contributed by atoms with Gasteiger partial charge in [0.25, 0.3) is 0 Å². The fraction of sp³-hybridized carbons (Fsp3) is 0.238. The Hall–Kier alpha value is -3.01. The van der Waals surface area contributed by atoms with Crippen LogP contribution in [0.3, 0.4) is 0 Å². The minimum Gasteiger partial charge on any atom is -0.496 e. The van der Waals surface area contributed by atoms with Gasteiger partial charge in [0.15, 0.2) is 5.76 Å². The molecule has 0 fully saturated rings. The smallest absolute Gasteiger partial charge is 0.416 e. The molecular weight excluding hydrogens is 481 g/mol. The summed E-state index contributed by atoms with van der Waals surface area (Å²) in [6.45, 7) is 3.11. The van der Waals surface area contributed by atoms with Gasteiger partial charge in [0.2, 0.25) is 0 Å². The number of rotatable bonds is 5. The molecule has 1 atom stereocenters. The van der Waals surface area contributed by atoms with E-state index in [1.165, 1.54) is 26.2 Å². The van der Waals surface area contributed by atoms with Crippen LogP contribution in [0, 0.1) is 6.92 Å². The number of nitrogens with zero attached hydrogens (tertiary/aromatic N) is 1. The van der Waals surface area contributed by atoms with Crippen molar-refractivity contribution in [1.82, 2.24) is 5.16 Å². The second kappa shape index (κ2) is 9.01. The number of carbonyl (C=O) groups is 1. The summed E-state index contributed by atoms with van der Waals surface area (Å²) in [6, 6.07) is 9.84. The Morgan fingerprint density at radius 2 is 1.97 bits per heavy atom. The highest BCUT2D eigenvalue weighted by atomic mass is 79.9. The molecule has 0 saturated heterocycles. The lowest BCUT2D eigenvalue weighted by Gasteiger charge is -2.16. The number of alkyl halides is 3. The predicted octanol–water partition coefficient (Wildman–Crippen LogP) is 6.75. The molecular formula is C21H18BrF3N2O4. The van der Waals surface area contributed by atoms with Crippen molar-refractivity contribution >= 4 is 27.7 Å². The maximum atomic E-state index is 12.9. The Morgan fingerprint density at radius 3 is 2.65 bits per heavy atom. The Labute approximate surface area is 184 Å². The first-order valence-corrected chi connectivity index (χ1v) is 9.84. The number of halogens is 4. The number of anilines is 1. The van der Waals surface area contributed by atoms with Crippen LogP contribution in [0.1, 0.15) is 29.8 Å². The quantitative estimate of drug-likeness (QED) is 0.421. The van der Waals surface area contributed by atoms with Gasteiger partial charge >= 0.3 is 12.3 Å². The molecule has 1 N–H and O–H groups in total. The van der Waals surface area contributed by atoms with Crippen LogP contribution in [-0.4, -0.2) is 18.4 Å². The third kappa shape index (κ3) is 5.19. The monoisotopic (exact) mass is 498 g/mol. The van der Waals surface area contributed by atoms with Gasteiger partial charge in [0.05, 0.1) is 18.2 Å². The molecule has 0 aliphatic carbocycles. The van der Waals surface area contributed by atoms with E-state index in [2.05, 4.69) is 26.4 Å². The summed E-state index contributed by atoms with van der Waals surface area (Å²) < 4.78 is 55.6. The molecule has 0 spiro atoms. The number of hydrogen-bond donors (Lipinski definition) is 1. The van der Waals surface area contributed by atoms with E-state index in [1.807, 2.05) is 0 Å². The highest BCUT2D eigenvalue weighted by Crippen LogP contribution is 2.38. The molecule has 3 rings (SSSR count). The molecule has 0 radical (unpaired) electrons. The maximum absolute atomic E-state index is 12.9. The molecule has 1 amide bonds. The zero-order chi connectivity index (χ0) is 22.8. The van der Waals surface area contributed by atoms with Crippen molar-refractivity contribution in [3.8, 4) is 17.1 Å². The molecule has 0 aliphatic heterocycles. The van der Waals surface area contributed by atoms with Crippen LogP contribution in [0.4, 0.5) is 23.7 Å². The Morgan fingerprint density at radius 1 is 1.23 bits per heavy atom.